The number of para-hydroxylation sites is 1. The maximum absolute atomic E-state index is 4.49. The van der Waals surface area contributed by atoms with E-state index in [4.69, 9.17) is 0 Å². The fourth-order valence-electron chi connectivity index (χ4n) is 4.70. The molecule has 0 saturated carbocycles. The highest BCUT2D eigenvalue weighted by Gasteiger charge is 2.37. The number of hydrogen-bond acceptors (Lipinski definition) is 2. The van der Waals surface area contributed by atoms with E-state index in [2.05, 4.69) is 65.5 Å². The Morgan fingerprint density at radius 2 is 1.96 bits per heavy atom. The Hall–Kier alpha value is -2.13. The predicted octanol–water partition coefficient (Wildman–Crippen LogP) is 3.62. The van der Waals surface area contributed by atoms with Gasteiger partial charge in [-0.1, -0.05) is 25.1 Å². The van der Waals surface area contributed by atoms with E-state index in [9.17, 15) is 0 Å². The summed E-state index contributed by atoms with van der Waals surface area (Å²) in [6.07, 6.45) is 7.35. The van der Waals surface area contributed by atoms with Gasteiger partial charge < -0.3 is 9.88 Å². The number of nitrogens with zero attached hydrogens (tertiary/aromatic N) is 2. The van der Waals surface area contributed by atoms with Crippen molar-refractivity contribution in [3.8, 4) is 0 Å². The molecule has 2 bridgehead atoms. The van der Waals surface area contributed by atoms with Crippen molar-refractivity contribution in [1.82, 2.24) is 14.9 Å². The maximum Gasteiger partial charge on any atom is 0.0523 e. The molecule has 2 aliphatic rings. The first-order valence-corrected chi connectivity index (χ1v) is 8.55. The summed E-state index contributed by atoms with van der Waals surface area (Å²) in [5, 5.41) is 5.28. The molecule has 0 radical (unpaired) electrons. The zero-order valence-electron chi connectivity index (χ0n) is 13.6. The van der Waals surface area contributed by atoms with E-state index in [1.165, 1.54) is 38.9 Å². The van der Waals surface area contributed by atoms with Crippen LogP contribution >= 0.6 is 0 Å². The maximum atomic E-state index is 4.49. The molecule has 116 valence electrons. The summed E-state index contributed by atoms with van der Waals surface area (Å²) in [7, 11) is 2.21. The van der Waals surface area contributed by atoms with Crippen LogP contribution in [-0.2, 0) is 26.3 Å². The topological polar surface area (TPSA) is 29.9 Å². The molecule has 4 heterocycles. The molecule has 2 aliphatic heterocycles. The molecule has 0 aliphatic carbocycles. The minimum absolute atomic E-state index is 0.404. The first-order chi connectivity index (χ1) is 11.3. The Labute approximate surface area is 136 Å². The van der Waals surface area contributed by atoms with Gasteiger partial charge >= 0.3 is 0 Å². The number of fused-ring (bicyclic) bond motifs is 8. The van der Waals surface area contributed by atoms with E-state index in [0.717, 1.165) is 19.3 Å². The van der Waals surface area contributed by atoms with Crippen LogP contribution in [0.5, 0.6) is 0 Å². The Kier molecular flexibility index (Phi) is 2.71. The zero-order valence-corrected chi connectivity index (χ0v) is 13.6. The van der Waals surface area contributed by atoms with Crippen molar-refractivity contribution in [2.24, 2.45) is 7.05 Å². The third-order valence-corrected chi connectivity index (χ3v) is 5.75. The largest absolute Gasteiger partial charge is 0.346 e. The molecule has 1 aromatic carbocycles. The monoisotopic (exact) mass is 303 g/mol. The summed E-state index contributed by atoms with van der Waals surface area (Å²) in [4.78, 5) is 4.49. The van der Waals surface area contributed by atoms with Gasteiger partial charge in [0.15, 0.2) is 0 Å². The summed E-state index contributed by atoms with van der Waals surface area (Å²) < 4.78 is 2.40. The molecule has 0 fully saturated rings. The number of nitrogens with one attached hydrogen (secondary N) is 1. The highest BCUT2D eigenvalue weighted by atomic mass is 15.1. The lowest BCUT2D eigenvalue weighted by Gasteiger charge is -2.39. The lowest BCUT2D eigenvalue weighted by atomic mass is 9.79. The van der Waals surface area contributed by atoms with Gasteiger partial charge in [0, 0.05) is 42.1 Å². The molecular formula is C20H21N3. The fraction of sp³-hybridized carbons (Fsp3) is 0.350. The van der Waals surface area contributed by atoms with Crippen LogP contribution in [0.4, 0.5) is 0 Å². The number of benzene rings is 1. The molecule has 0 spiro atoms. The van der Waals surface area contributed by atoms with Crippen LogP contribution in [0.1, 0.15) is 47.0 Å². The lowest BCUT2D eigenvalue weighted by molar-refractivity contribution is 0.367. The highest BCUT2D eigenvalue weighted by Crippen LogP contribution is 2.43. The van der Waals surface area contributed by atoms with Gasteiger partial charge in [-0.2, -0.15) is 0 Å². The Morgan fingerprint density at radius 1 is 1.13 bits per heavy atom. The van der Waals surface area contributed by atoms with Crippen molar-refractivity contribution in [2.75, 3.05) is 0 Å². The van der Waals surface area contributed by atoms with E-state index in [-0.39, 0.29) is 0 Å². The normalized spacial score (nSPS) is 22.0. The second kappa shape index (κ2) is 4.68. The summed E-state index contributed by atoms with van der Waals surface area (Å²) in [5.41, 5.74) is 8.73. The van der Waals surface area contributed by atoms with Gasteiger partial charge in [-0.25, -0.2) is 0 Å². The second-order valence-electron chi connectivity index (χ2n) is 6.84. The second-order valence-corrected chi connectivity index (χ2v) is 6.84. The van der Waals surface area contributed by atoms with Crippen molar-refractivity contribution >= 4 is 10.9 Å². The lowest BCUT2D eigenvalue weighted by Crippen LogP contribution is -2.40. The molecule has 2 unspecified atom stereocenters. The molecule has 3 aromatic rings. The summed E-state index contributed by atoms with van der Waals surface area (Å²) in [6.45, 7) is 2.23. The van der Waals surface area contributed by atoms with Crippen LogP contribution in [0.3, 0.4) is 0 Å². The van der Waals surface area contributed by atoms with Gasteiger partial charge in [0.05, 0.1) is 6.04 Å². The molecule has 5 rings (SSSR count). The zero-order chi connectivity index (χ0) is 15.6. The SMILES string of the molecule is CCc1cncc2c1CC1NC2Cc2c1n(C)c1ccccc21. The average Bonchev–Trinajstić information content (AvgIpc) is 2.88. The quantitative estimate of drug-likeness (QED) is 0.744. The van der Waals surface area contributed by atoms with Crippen molar-refractivity contribution in [3.05, 3.63) is 64.6 Å². The number of hydrogen-bond donors (Lipinski definition) is 1. The minimum Gasteiger partial charge on any atom is -0.346 e. The van der Waals surface area contributed by atoms with Gasteiger partial charge in [0.25, 0.3) is 0 Å². The van der Waals surface area contributed by atoms with Crippen LogP contribution in [0.2, 0.25) is 0 Å². The third kappa shape index (κ3) is 1.71. The van der Waals surface area contributed by atoms with Crippen molar-refractivity contribution < 1.29 is 0 Å². The smallest absolute Gasteiger partial charge is 0.0523 e. The van der Waals surface area contributed by atoms with Crippen LogP contribution < -0.4 is 5.32 Å². The number of aromatic nitrogens is 2. The summed E-state index contributed by atoms with van der Waals surface area (Å²) in [5.74, 6) is 0. The Bertz CT molecular complexity index is 922. The Morgan fingerprint density at radius 3 is 2.83 bits per heavy atom. The standard InChI is InChI=1S/C20H21N3/c1-3-12-10-21-11-16-14(12)8-18-20-15(9-17(16)22-18)13-6-4-5-7-19(13)23(20)2/h4-7,10-11,17-18,22H,3,8-9H2,1-2H3. The van der Waals surface area contributed by atoms with Crippen LogP contribution in [0, 0.1) is 0 Å². The van der Waals surface area contributed by atoms with E-state index in [0.29, 0.717) is 12.1 Å². The fourth-order valence-corrected chi connectivity index (χ4v) is 4.70. The number of rotatable bonds is 1. The van der Waals surface area contributed by atoms with Crippen LogP contribution in [0.15, 0.2) is 36.7 Å². The van der Waals surface area contributed by atoms with Gasteiger partial charge in [-0.15, -0.1) is 0 Å². The third-order valence-electron chi connectivity index (χ3n) is 5.75. The van der Waals surface area contributed by atoms with Crippen molar-refractivity contribution in [2.45, 2.75) is 38.3 Å². The van der Waals surface area contributed by atoms with Gasteiger partial charge in [0.1, 0.15) is 0 Å². The summed E-state index contributed by atoms with van der Waals surface area (Å²) >= 11 is 0. The average molecular weight is 303 g/mol. The Balaban J connectivity index is 1.74. The van der Waals surface area contributed by atoms with Gasteiger partial charge in [0.2, 0.25) is 0 Å². The van der Waals surface area contributed by atoms with Crippen molar-refractivity contribution in [1.29, 1.82) is 0 Å². The van der Waals surface area contributed by atoms with Gasteiger partial charge in [-0.05, 0) is 47.6 Å². The van der Waals surface area contributed by atoms with Crippen molar-refractivity contribution in [3.63, 3.8) is 0 Å². The van der Waals surface area contributed by atoms with Crippen LogP contribution in [-0.4, -0.2) is 9.55 Å². The molecular weight excluding hydrogens is 282 g/mol. The molecule has 3 nitrogen and oxygen atoms in total. The molecule has 3 heteroatoms. The van der Waals surface area contributed by atoms with Crippen LogP contribution in [0.25, 0.3) is 10.9 Å². The molecule has 1 N–H and O–H groups in total. The minimum atomic E-state index is 0.404. The van der Waals surface area contributed by atoms with E-state index >= 15 is 0 Å². The highest BCUT2D eigenvalue weighted by molar-refractivity contribution is 5.86. The first kappa shape index (κ1) is 13.3. The van der Waals surface area contributed by atoms with E-state index < -0.39 is 0 Å². The van der Waals surface area contributed by atoms with Gasteiger partial charge in [-0.3, -0.25) is 4.98 Å². The molecule has 23 heavy (non-hydrogen) atoms. The number of aryl methyl sites for hydroxylation is 2. The summed E-state index contributed by atoms with van der Waals surface area (Å²) in [6, 6.07) is 9.63. The van der Waals surface area contributed by atoms with E-state index in [1.807, 2.05) is 0 Å². The molecule has 0 amide bonds. The molecule has 0 saturated heterocycles. The predicted molar refractivity (Wildman–Crippen MR) is 92.6 cm³/mol. The van der Waals surface area contributed by atoms with E-state index in [1.54, 1.807) is 0 Å². The molecule has 2 aromatic heterocycles. The first-order valence-electron chi connectivity index (χ1n) is 8.55. The number of pyridine rings is 1. The molecule has 2 atom stereocenters.